The summed E-state index contributed by atoms with van der Waals surface area (Å²) in [4.78, 5) is 23.5. The SMILES string of the molecule is N=c1n(-c2ccccc2)c(O)c(N=Nc2ccc([N+](=O)[O-])cc2)c(=O)n1-c1ccccc1. The van der Waals surface area contributed by atoms with Gasteiger partial charge in [-0.15, -0.1) is 5.11 Å². The first-order valence-electron chi connectivity index (χ1n) is 9.40. The molecule has 158 valence electrons. The molecular weight excluding hydrogens is 412 g/mol. The highest BCUT2D eigenvalue weighted by molar-refractivity contribution is 5.52. The molecule has 32 heavy (non-hydrogen) atoms. The maximum atomic E-state index is 13.2. The molecule has 0 aliphatic carbocycles. The first kappa shape index (κ1) is 20.4. The Hall–Kier alpha value is -4.86. The van der Waals surface area contributed by atoms with Gasteiger partial charge in [-0.25, -0.2) is 9.13 Å². The number of rotatable bonds is 5. The Bertz CT molecular complexity index is 1430. The first-order chi connectivity index (χ1) is 15.5. The van der Waals surface area contributed by atoms with Crippen molar-refractivity contribution in [3.05, 3.63) is 111 Å². The Kier molecular flexibility index (Phi) is 5.41. The van der Waals surface area contributed by atoms with Gasteiger partial charge in [0.25, 0.3) is 11.2 Å². The zero-order chi connectivity index (χ0) is 22.7. The van der Waals surface area contributed by atoms with E-state index in [1.807, 2.05) is 0 Å². The molecule has 10 heteroatoms. The predicted octanol–water partition coefficient (Wildman–Crippen LogP) is 4.14. The van der Waals surface area contributed by atoms with Crippen LogP contribution in [-0.4, -0.2) is 19.2 Å². The summed E-state index contributed by atoms with van der Waals surface area (Å²) in [6.45, 7) is 0. The van der Waals surface area contributed by atoms with Crippen molar-refractivity contribution in [2.75, 3.05) is 0 Å². The van der Waals surface area contributed by atoms with Gasteiger partial charge in [0.2, 0.25) is 17.2 Å². The number of non-ortho nitro benzene ring substituents is 1. The highest BCUT2D eigenvalue weighted by Crippen LogP contribution is 2.26. The van der Waals surface area contributed by atoms with Crippen LogP contribution >= 0.6 is 0 Å². The van der Waals surface area contributed by atoms with E-state index in [1.165, 1.54) is 28.8 Å². The molecule has 4 aromatic rings. The number of aromatic hydroxyl groups is 1. The molecule has 10 nitrogen and oxygen atoms in total. The highest BCUT2D eigenvalue weighted by Gasteiger charge is 2.19. The van der Waals surface area contributed by atoms with E-state index in [1.54, 1.807) is 60.7 Å². The van der Waals surface area contributed by atoms with E-state index in [0.29, 0.717) is 11.4 Å². The fourth-order valence-corrected chi connectivity index (χ4v) is 3.08. The smallest absolute Gasteiger partial charge is 0.291 e. The van der Waals surface area contributed by atoms with Crippen LogP contribution in [-0.2, 0) is 0 Å². The average Bonchev–Trinajstić information content (AvgIpc) is 2.80. The van der Waals surface area contributed by atoms with E-state index in [9.17, 15) is 20.0 Å². The van der Waals surface area contributed by atoms with Crippen molar-refractivity contribution in [3.63, 3.8) is 0 Å². The van der Waals surface area contributed by atoms with Crippen LogP contribution in [0, 0.1) is 15.5 Å². The summed E-state index contributed by atoms with van der Waals surface area (Å²) in [5.74, 6) is -0.552. The van der Waals surface area contributed by atoms with Gasteiger partial charge < -0.3 is 5.11 Å². The van der Waals surface area contributed by atoms with Crippen LogP contribution in [0.15, 0.2) is 100.0 Å². The number of benzene rings is 3. The molecule has 0 aliphatic rings. The van der Waals surface area contributed by atoms with Gasteiger partial charge in [0.15, 0.2) is 0 Å². The molecule has 1 aromatic heterocycles. The second kappa shape index (κ2) is 8.48. The van der Waals surface area contributed by atoms with Gasteiger partial charge >= 0.3 is 0 Å². The lowest BCUT2D eigenvalue weighted by molar-refractivity contribution is -0.384. The minimum atomic E-state index is -0.739. The number of hydrogen-bond donors (Lipinski definition) is 2. The largest absolute Gasteiger partial charge is 0.492 e. The van der Waals surface area contributed by atoms with Crippen LogP contribution < -0.4 is 11.2 Å². The number of hydrogen-bond acceptors (Lipinski definition) is 7. The molecule has 3 aromatic carbocycles. The molecule has 4 rings (SSSR count). The predicted molar refractivity (Wildman–Crippen MR) is 116 cm³/mol. The molecule has 0 saturated carbocycles. The molecule has 2 N–H and O–H groups in total. The molecule has 0 radical (unpaired) electrons. The number of nitrogens with zero attached hydrogens (tertiary/aromatic N) is 5. The van der Waals surface area contributed by atoms with Crippen molar-refractivity contribution in [1.29, 1.82) is 5.41 Å². The Balaban J connectivity index is 1.93. The maximum absolute atomic E-state index is 13.2. The van der Waals surface area contributed by atoms with E-state index in [0.717, 1.165) is 4.57 Å². The Labute approximate surface area is 180 Å². The Morgan fingerprint density at radius 1 is 0.812 bits per heavy atom. The lowest BCUT2D eigenvalue weighted by Crippen LogP contribution is -2.38. The quantitative estimate of drug-likeness (QED) is 0.280. The summed E-state index contributed by atoms with van der Waals surface area (Å²) in [5, 5.41) is 38.1. The number of nitro benzene ring substituents is 1. The topological polar surface area (TPSA) is 139 Å². The van der Waals surface area contributed by atoms with E-state index >= 15 is 0 Å². The van der Waals surface area contributed by atoms with Gasteiger partial charge in [-0.3, -0.25) is 20.3 Å². The zero-order valence-corrected chi connectivity index (χ0v) is 16.5. The third-order valence-electron chi connectivity index (χ3n) is 4.61. The van der Waals surface area contributed by atoms with Crippen molar-refractivity contribution in [2.45, 2.75) is 0 Å². The van der Waals surface area contributed by atoms with Gasteiger partial charge in [0.1, 0.15) is 0 Å². The molecule has 0 fully saturated rings. The summed E-state index contributed by atoms with van der Waals surface area (Å²) in [5.41, 5.74) is -0.395. The first-order valence-corrected chi connectivity index (χ1v) is 9.40. The van der Waals surface area contributed by atoms with Gasteiger partial charge in [0, 0.05) is 12.1 Å². The summed E-state index contributed by atoms with van der Waals surface area (Å²) >= 11 is 0. The zero-order valence-electron chi connectivity index (χ0n) is 16.5. The molecule has 0 atom stereocenters. The van der Waals surface area contributed by atoms with Crippen LogP contribution in [0.4, 0.5) is 17.1 Å². The van der Waals surface area contributed by atoms with Gasteiger partial charge in [-0.05, 0) is 36.4 Å². The minimum absolute atomic E-state index is 0.112. The standard InChI is InChI=1S/C22H16N6O4/c23-22-26(16-7-3-1-4-8-16)20(29)19(21(30)27(22)17-9-5-2-6-10-17)25-24-15-11-13-18(14-12-15)28(31)32/h1-14,23,29H. The van der Waals surface area contributed by atoms with Gasteiger partial charge in [0.05, 0.1) is 22.0 Å². The average molecular weight is 428 g/mol. The lowest BCUT2D eigenvalue weighted by Gasteiger charge is -2.15. The van der Waals surface area contributed by atoms with Crippen LogP contribution in [0.2, 0.25) is 0 Å². The number of nitro groups is 1. The minimum Gasteiger partial charge on any atom is -0.492 e. The summed E-state index contributed by atoms with van der Waals surface area (Å²) in [6, 6.07) is 22.4. The number of para-hydroxylation sites is 2. The second-order valence-electron chi connectivity index (χ2n) is 6.62. The number of nitrogens with one attached hydrogen (secondary N) is 1. The maximum Gasteiger partial charge on any atom is 0.291 e. The third kappa shape index (κ3) is 3.79. The van der Waals surface area contributed by atoms with Crippen molar-refractivity contribution < 1.29 is 10.0 Å². The molecule has 0 bridgehead atoms. The second-order valence-corrected chi connectivity index (χ2v) is 6.62. The molecule has 0 aliphatic heterocycles. The molecule has 0 amide bonds. The fraction of sp³-hybridized carbons (Fsp3) is 0. The number of aromatic nitrogens is 2. The summed E-state index contributed by atoms with van der Waals surface area (Å²) in [7, 11) is 0. The summed E-state index contributed by atoms with van der Waals surface area (Å²) < 4.78 is 2.29. The van der Waals surface area contributed by atoms with Crippen molar-refractivity contribution in [1.82, 2.24) is 9.13 Å². The van der Waals surface area contributed by atoms with Crippen LogP contribution in [0.25, 0.3) is 11.4 Å². The van der Waals surface area contributed by atoms with Crippen LogP contribution in [0.3, 0.4) is 0 Å². The molecule has 1 heterocycles. The molecule has 0 saturated heterocycles. The normalized spacial score (nSPS) is 11.0. The van der Waals surface area contributed by atoms with E-state index in [4.69, 9.17) is 5.41 Å². The third-order valence-corrected chi connectivity index (χ3v) is 4.61. The van der Waals surface area contributed by atoms with Gasteiger partial charge in [-0.2, -0.15) is 5.11 Å². The summed E-state index contributed by atoms with van der Waals surface area (Å²) in [6.07, 6.45) is 0. The highest BCUT2D eigenvalue weighted by atomic mass is 16.6. The van der Waals surface area contributed by atoms with Crippen molar-refractivity contribution in [2.24, 2.45) is 10.2 Å². The lowest BCUT2D eigenvalue weighted by atomic mass is 10.3. The van der Waals surface area contributed by atoms with Crippen LogP contribution in [0.1, 0.15) is 0 Å². The van der Waals surface area contributed by atoms with E-state index < -0.39 is 16.4 Å². The van der Waals surface area contributed by atoms with E-state index in [-0.39, 0.29) is 22.7 Å². The van der Waals surface area contributed by atoms with Crippen molar-refractivity contribution >= 4 is 17.1 Å². The Morgan fingerprint density at radius 2 is 1.34 bits per heavy atom. The van der Waals surface area contributed by atoms with Crippen LogP contribution in [0.5, 0.6) is 5.88 Å². The molecule has 0 spiro atoms. The van der Waals surface area contributed by atoms with Crippen molar-refractivity contribution in [3.8, 4) is 17.3 Å². The Morgan fingerprint density at radius 3 is 1.88 bits per heavy atom. The van der Waals surface area contributed by atoms with Gasteiger partial charge in [-0.1, -0.05) is 36.4 Å². The molecule has 0 unspecified atom stereocenters. The van der Waals surface area contributed by atoms with E-state index in [2.05, 4.69) is 10.2 Å². The molecular formula is C22H16N6O4. The number of azo groups is 1. The monoisotopic (exact) mass is 428 g/mol. The fourth-order valence-electron chi connectivity index (χ4n) is 3.08.